The van der Waals surface area contributed by atoms with E-state index in [0.717, 1.165) is 12.1 Å². The zero-order chi connectivity index (χ0) is 24.2. The minimum atomic E-state index is -0.590. The Morgan fingerprint density at radius 1 is 1.18 bits per heavy atom. The van der Waals surface area contributed by atoms with Crippen LogP contribution >= 0.6 is 0 Å². The molecule has 2 aromatic rings. The number of carbonyl (C=O) groups excluding carboxylic acids is 1. The lowest BCUT2D eigenvalue weighted by atomic mass is 10.1. The molecule has 2 unspecified atom stereocenters. The van der Waals surface area contributed by atoms with Crippen LogP contribution in [0.5, 0.6) is 5.75 Å². The van der Waals surface area contributed by atoms with Gasteiger partial charge in [-0.2, -0.15) is 0 Å². The molecule has 1 aliphatic heterocycles. The van der Waals surface area contributed by atoms with Crippen LogP contribution in [0.3, 0.4) is 0 Å². The summed E-state index contributed by atoms with van der Waals surface area (Å²) in [4.78, 5) is 17.0. The van der Waals surface area contributed by atoms with Crippen LogP contribution < -0.4 is 4.74 Å². The Kier molecular flexibility index (Phi) is 10.8. The number of methoxy groups -OCH3 is 2. The van der Waals surface area contributed by atoms with Crippen LogP contribution in [0.1, 0.15) is 15.9 Å². The molecule has 0 spiro atoms. The summed E-state index contributed by atoms with van der Waals surface area (Å²) in [6, 6.07) is 17.0. The molecule has 8 nitrogen and oxygen atoms in total. The van der Waals surface area contributed by atoms with Gasteiger partial charge in [-0.05, 0) is 29.8 Å². The number of ether oxygens (including phenoxy) is 4. The van der Waals surface area contributed by atoms with Gasteiger partial charge in [-0.3, -0.25) is 9.69 Å². The summed E-state index contributed by atoms with van der Waals surface area (Å²) in [7, 11) is 3.22. The lowest BCUT2D eigenvalue weighted by molar-refractivity contribution is -0.0605. The highest BCUT2D eigenvalue weighted by Gasteiger charge is 2.26. The van der Waals surface area contributed by atoms with Gasteiger partial charge in [0, 0.05) is 45.4 Å². The summed E-state index contributed by atoms with van der Waals surface area (Å²) < 4.78 is 22.0. The molecule has 0 saturated carbocycles. The van der Waals surface area contributed by atoms with Crippen molar-refractivity contribution in [3.05, 3.63) is 65.7 Å². The molecule has 1 saturated heterocycles. The van der Waals surface area contributed by atoms with E-state index in [9.17, 15) is 9.90 Å². The first-order chi connectivity index (χ1) is 16.6. The minimum Gasteiger partial charge on any atom is -0.497 e. The lowest BCUT2D eigenvalue weighted by Crippen LogP contribution is -2.51. The number of benzene rings is 2. The number of rotatable bonds is 13. The molecule has 2 atom stereocenters. The number of nitrogens with zero attached hydrogens (tertiary/aromatic N) is 2. The molecule has 2 aromatic carbocycles. The summed E-state index contributed by atoms with van der Waals surface area (Å²) in [5.41, 5.74) is 1.68. The van der Waals surface area contributed by atoms with Gasteiger partial charge in [-0.25, -0.2) is 0 Å². The first-order valence-corrected chi connectivity index (χ1v) is 11.6. The smallest absolute Gasteiger partial charge is 0.254 e. The van der Waals surface area contributed by atoms with Gasteiger partial charge in [0.15, 0.2) is 0 Å². The van der Waals surface area contributed by atoms with Crippen LogP contribution in [-0.2, 0) is 20.8 Å². The van der Waals surface area contributed by atoms with Crippen LogP contribution in [0, 0.1) is 0 Å². The van der Waals surface area contributed by atoms with Gasteiger partial charge >= 0.3 is 0 Å². The summed E-state index contributed by atoms with van der Waals surface area (Å²) in [5, 5.41) is 10.4. The van der Waals surface area contributed by atoms with Crippen LogP contribution in [0.25, 0.3) is 0 Å². The van der Waals surface area contributed by atoms with Crippen LogP contribution in [0.2, 0.25) is 0 Å². The molecule has 34 heavy (non-hydrogen) atoms. The molecule has 1 amide bonds. The van der Waals surface area contributed by atoms with Gasteiger partial charge < -0.3 is 29.0 Å². The lowest BCUT2D eigenvalue weighted by Gasteiger charge is -2.36. The molecule has 1 fully saturated rings. The SMILES string of the molecule is COCCN(CC1CN(CC(O)COCc2ccccc2)CCO1)C(=O)c1ccc(OC)cc1. The first kappa shape index (κ1) is 26.1. The van der Waals surface area contributed by atoms with E-state index in [2.05, 4.69) is 4.90 Å². The number of hydrogen-bond acceptors (Lipinski definition) is 7. The second-order valence-electron chi connectivity index (χ2n) is 8.38. The Hall–Kier alpha value is -2.49. The Labute approximate surface area is 202 Å². The van der Waals surface area contributed by atoms with Crippen molar-refractivity contribution in [1.29, 1.82) is 0 Å². The first-order valence-electron chi connectivity index (χ1n) is 11.6. The van der Waals surface area contributed by atoms with E-state index in [1.165, 1.54) is 0 Å². The predicted molar refractivity (Wildman–Crippen MR) is 129 cm³/mol. The average molecular weight is 473 g/mol. The molecule has 0 aliphatic carbocycles. The molecule has 1 heterocycles. The van der Waals surface area contributed by atoms with E-state index in [4.69, 9.17) is 18.9 Å². The van der Waals surface area contributed by atoms with E-state index >= 15 is 0 Å². The molecular weight excluding hydrogens is 436 g/mol. The van der Waals surface area contributed by atoms with E-state index in [1.807, 2.05) is 30.3 Å². The van der Waals surface area contributed by atoms with Crippen molar-refractivity contribution >= 4 is 5.91 Å². The number of aliphatic hydroxyl groups is 1. The summed E-state index contributed by atoms with van der Waals surface area (Å²) in [5.74, 6) is 0.632. The van der Waals surface area contributed by atoms with Crippen molar-refractivity contribution in [3.8, 4) is 5.75 Å². The Morgan fingerprint density at radius 3 is 2.65 bits per heavy atom. The average Bonchev–Trinajstić information content (AvgIpc) is 2.87. The van der Waals surface area contributed by atoms with Crippen molar-refractivity contribution in [3.63, 3.8) is 0 Å². The molecule has 8 heteroatoms. The third kappa shape index (κ3) is 8.38. The monoisotopic (exact) mass is 472 g/mol. The van der Waals surface area contributed by atoms with Gasteiger partial charge in [0.25, 0.3) is 5.91 Å². The standard InChI is InChI=1S/C26H36N2O6/c1-31-14-13-28(26(30)22-8-10-24(32-2)11-9-22)18-25-17-27(12-15-34-25)16-23(29)20-33-19-21-6-4-3-5-7-21/h3-11,23,25,29H,12-20H2,1-2H3. The van der Waals surface area contributed by atoms with Crippen molar-refractivity contribution in [2.45, 2.75) is 18.8 Å². The fourth-order valence-electron chi connectivity index (χ4n) is 3.93. The third-order valence-corrected chi connectivity index (χ3v) is 5.73. The molecule has 0 aromatic heterocycles. The van der Waals surface area contributed by atoms with Crippen molar-refractivity contribution < 1.29 is 28.8 Å². The molecule has 0 bridgehead atoms. The highest BCUT2D eigenvalue weighted by Crippen LogP contribution is 2.15. The topological polar surface area (TPSA) is 80.7 Å². The fourth-order valence-corrected chi connectivity index (χ4v) is 3.93. The van der Waals surface area contributed by atoms with Crippen LogP contribution in [0.15, 0.2) is 54.6 Å². The summed E-state index contributed by atoms with van der Waals surface area (Å²) in [6.07, 6.45) is -0.738. The minimum absolute atomic E-state index is 0.0743. The van der Waals surface area contributed by atoms with Crippen molar-refractivity contribution in [1.82, 2.24) is 9.80 Å². The van der Waals surface area contributed by atoms with Gasteiger partial charge in [0.1, 0.15) is 5.75 Å². The van der Waals surface area contributed by atoms with Crippen molar-refractivity contribution in [2.75, 3.05) is 66.8 Å². The summed E-state index contributed by atoms with van der Waals surface area (Å²) in [6.45, 7) is 4.53. The second-order valence-corrected chi connectivity index (χ2v) is 8.38. The Morgan fingerprint density at radius 2 is 1.94 bits per heavy atom. The molecular formula is C26H36N2O6. The number of aliphatic hydroxyl groups excluding tert-OH is 1. The molecule has 0 radical (unpaired) electrons. The van der Waals surface area contributed by atoms with E-state index in [0.29, 0.717) is 57.3 Å². The van der Waals surface area contributed by atoms with Gasteiger partial charge in [-0.15, -0.1) is 0 Å². The van der Waals surface area contributed by atoms with Gasteiger partial charge in [-0.1, -0.05) is 30.3 Å². The Bertz CT molecular complexity index is 848. The maximum atomic E-state index is 13.1. The molecule has 1 aliphatic rings. The number of amides is 1. The van der Waals surface area contributed by atoms with Crippen molar-refractivity contribution in [2.24, 2.45) is 0 Å². The van der Waals surface area contributed by atoms with E-state index < -0.39 is 6.10 Å². The number of morpholine rings is 1. The largest absolute Gasteiger partial charge is 0.497 e. The third-order valence-electron chi connectivity index (χ3n) is 5.73. The van der Waals surface area contributed by atoms with E-state index in [-0.39, 0.29) is 18.6 Å². The summed E-state index contributed by atoms with van der Waals surface area (Å²) >= 11 is 0. The number of β-amino-alcohol motifs (C(OH)–C–C–N with tert-alkyl or cyclic N) is 1. The fraction of sp³-hybridized carbons (Fsp3) is 0.500. The quantitative estimate of drug-likeness (QED) is 0.478. The Balaban J connectivity index is 1.49. The van der Waals surface area contributed by atoms with Crippen LogP contribution in [-0.4, -0.2) is 99.8 Å². The van der Waals surface area contributed by atoms with Crippen LogP contribution in [0.4, 0.5) is 0 Å². The maximum Gasteiger partial charge on any atom is 0.254 e. The highest BCUT2D eigenvalue weighted by atomic mass is 16.5. The van der Waals surface area contributed by atoms with E-state index in [1.54, 1.807) is 43.4 Å². The van der Waals surface area contributed by atoms with Gasteiger partial charge in [0.05, 0.1) is 45.7 Å². The molecule has 186 valence electrons. The van der Waals surface area contributed by atoms with Gasteiger partial charge in [0.2, 0.25) is 0 Å². The normalized spacial score (nSPS) is 17.3. The second kappa shape index (κ2) is 14.0. The zero-order valence-electron chi connectivity index (χ0n) is 20.1. The number of hydrogen-bond donors (Lipinski definition) is 1. The zero-order valence-corrected chi connectivity index (χ0v) is 20.1. The maximum absolute atomic E-state index is 13.1. The number of carbonyl (C=O) groups is 1. The predicted octanol–water partition coefficient (Wildman–Crippen LogP) is 2.06. The highest BCUT2D eigenvalue weighted by molar-refractivity contribution is 5.94. The molecule has 1 N–H and O–H groups in total. The molecule has 3 rings (SSSR count).